The fourth-order valence-electron chi connectivity index (χ4n) is 2.97. The van der Waals surface area contributed by atoms with Crippen LogP contribution in [0.15, 0.2) is 33.6 Å². The largest absolute Gasteiger partial charge is 0.490 e. The number of rotatable bonds is 6. The lowest BCUT2D eigenvalue weighted by Crippen LogP contribution is -2.28. The van der Waals surface area contributed by atoms with E-state index in [1.54, 1.807) is 6.92 Å². The van der Waals surface area contributed by atoms with E-state index in [9.17, 15) is 13.2 Å². The molecule has 1 aromatic carbocycles. The third-order valence-corrected chi connectivity index (χ3v) is 6.34. The van der Waals surface area contributed by atoms with Gasteiger partial charge in [0.25, 0.3) is 0 Å². The molecule has 148 valence electrons. The van der Waals surface area contributed by atoms with Crippen molar-refractivity contribution >= 4 is 16.0 Å². The number of nitrogens with zero attached hydrogens (tertiary/aromatic N) is 2. The van der Waals surface area contributed by atoms with Crippen LogP contribution in [-0.2, 0) is 10.0 Å². The number of benzene rings is 1. The first-order valence-electron chi connectivity index (χ1n) is 8.86. The van der Waals surface area contributed by atoms with E-state index in [0.717, 1.165) is 12.8 Å². The summed E-state index contributed by atoms with van der Waals surface area (Å²) >= 11 is 0. The van der Waals surface area contributed by atoms with E-state index in [-0.39, 0.29) is 27.9 Å². The maximum atomic E-state index is 12.7. The fraction of sp³-hybridized carbons (Fsp3) is 0.368. The van der Waals surface area contributed by atoms with Gasteiger partial charge >= 0.3 is 5.97 Å². The van der Waals surface area contributed by atoms with Gasteiger partial charge in [-0.15, -0.1) is 0 Å². The van der Waals surface area contributed by atoms with Crippen molar-refractivity contribution in [2.24, 2.45) is 0 Å². The Kier molecular flexibility index (Phi) is 5.72. The lowest BCUT2D eigenvalue weighted by atomic mass is 10.2. The van der Waals surface area contributed by atoms with E-state index in [0.29, 0.717) is 25.3 Å². The van der Waals surface area contributed by atoms with Crippen LogP contribution in [-0.4, -0.2) is 38.4 Å². The quantitative estimate of drug-likeness (QED) is 0.538. The van der Waals surface area contributed by atoms with Gasteiger partial charge in [0.15, 0.2) is 11.5 Å². The number of ether oxygens (including phenoxy) is 2. The van der Waals surface area contributed by atoms with E-state index in [4.69, 9.17) is 19.2 Å². The van der Waals surface area contributed by atoms with Crippen molar-refractivity contribution in [2.45, 2.75) is 31.6 Å². The van der Waals surface area contributed by atoms with Crippen LogP contribution in [0.3, 0.4) is 0 Å². The maximum absolute atomic E-state index is 12.7. The Morgan fingerprint density at radius 2 is 1.96 bits per heavy atom. The Bertz CT molecular complexity index is 1030. The normalized spacial score (nSPS) is 14.6. The smallest absolute Gasteiger partial charge is 0.379 e. The van der Waals surface area contributed by atoms with Crippen LogP contribution in [0, 0.1) is 18.3 Å². The van der Waals surface area contributed by atoms with Crippen molar-refractivity contribution in [1.29, 1.82) is 5.26 Å². The molecule has 2 aromatic rings. The number of hydrogen-bond donors (Lipinski definition) is 0. The zero-order valence-corrected chi connectivity index (χ0v) is 16.4. The standard InChI is InChI=1S/C19H20N2O6S/c1-3-25-16-10-14(12-20)6-7-15(16)27-19(22)17-11-18(13(2)26-17)28(23,24)21-8-4-5-9-21/h6-7,10-11H,3-5,8-9H2,1-2H3. The SMILES string of the molecule is CCOc1cc(C#N)ccc1OC(=O)c1cc(S(=O)(=O)N2CCCC2)c(C)o1. The zero-order valence-electron chi connectivity index (χ0n) is 15.6. The number of carbonyl (C=O) groups is 1. The summed E-state index contributed by atoms with van der Waals surface area (Å²) in [5.74, 6) is -0.589. The third-order valence-electron chi connectivity index (χ3n) is 4.33. The van der Waals surface area contributed by atoms with Gasteiger partial charge in [0.1, 0.15) is 10.7 Å². The molecule has 9 heteroatoms. The summed E-state index contributed by atoms with van der Waals surface area (Å²) in [6.07, 6.45) is 1.62. The van der Waals surface area contributed by atoms with Gasteiger partial charge in [-0.1, -0.05) is 0 Å². The molecule has 1 aromatic heterocycles. The lowest BCUT2D eigenvalue weighted by molar-refractivity contribution is 0.0693. The minimum atomic E-state index is -3.71. The van der Waals surface area contributed by atoms with E-state index < -0.39 is 16.0 Å². The third kappa shape index (κ3) is 3.88. The Hall–Kier alpha value is -2.83. The highest BCUT2D eigenvalue weighted by Crippen LogP contribution is 2.31. The van der Waals surface area contributed by atoms with E-state index in [1.807, 2.05) is 6.07 Å². The summed E-state index contributed by atoms with van der Waals surface area (Å²) < 4.78 is 42.9. The molecule has 0 bridgehead atoms. The van der Waals surface area contributed by atoms with Gasteiger partial charge in [-0.05, 0) is 38.8 Å². The molecule has 0 aliphatic carbocycles. The second kappa shape index (κ2) is 8.04. The van der Waals surface area contributed by atoms with E-state index in [2.05, 4.69) is 0 Å². The second-order valence-corrected chi connectivity index (χ2v) is 8.14. The van der Waals surface area contributed by atoms with Crippen LogP contribution >= 0.6 is 0 Å². The van der Waals surface area contributed by atoms with Crippen molar-refractivity contribution < 1.29 is 27.1 Å². The number of sulfonamides is 1. The molecule has 1 saturated heterocycles. The summed E-state index contributed by atoms with van der Waals surface area (Å²) in [5, 5.41) is 8.99. The number of carbonyl (C=O) groups excluding carboxylic acids is 1. The number of nitriles is 1. The molecule has 1 fully saturated rings. The summed E-state index contributed by atoms with van der Waals surface area (Å²) in [5.41, 5.74) is 0.357. The Morgan fingerprint density at radius 3 is 2.61 bits per heavy atom. The number of furan rings is 1. The van der Waals surface area contributed by atoms with Crippen LogP contribution in [0.4, 0.5) is 0 Å². The Morgan fingerprint density at radius 1 is 1.25 bits per heavy atom. The molecular formula is C19H20N2O6S. The summed E-state index contributed by atoms with van der Waals surface area (Å²) in [6, 6.07) is 7.56. The van der Waals surface area contributed by atoms with Crippen molar-refractivity contribution in [3.05, 3.63) is 41.3 Å². The molecule has 0 atom stereocenters. The average molecular weight is 404 g/mol. The highest BCUT2D eigenvalue weighted by atomic mass is 32.2. The van der Waals surface area contributed by atoms with Gasteiger partial charge in [-0.2, -0.15) is 9.57 Å². The molecule has 1 aliphatic rings. The summed E-state index contributed by atoms with van der Waals surface area (Å²) in [4.78, 5) is 12.5. The molecule has 0 N–H and O–H groups in total. The molecule has 0 spiro atoms. The molecule has 3 rings (SSSR count). The highest BCUT2D eigenvalue weighted by Gasteiger charge is 2.32. The minimum Gasteiger partial charge on any atom is -0.490 e. The zero-order chi connectivity index (χ0) is 20.3. The maximum Gasteiger partial charge on any atom is 0.379 e. The monoisotopic (exact) mass is 404 g/mol. The van der Waals surface area contributed by atoms with Crippen molar-refractivity contribution in [1.82, 2.24) is 4.31 Å². The van der Waals surface area contributed by atoms with Crippen LogP contribution in [0.2, 0.25) is 0 Å². The van der Waals surface area contributed by atoms with Gasteiger partial charge in [0.2, 0.25) is 15.8 Å². The van der Waals surface area contributed by atoms with Crippen molar-refractivity contribution in [3.8, 4) is 17.6 Å². The van der Waals surface area contributed by atoms with Gasteiger partial charge in [-0.3, -0.25) is 0 Å². The predicted octanol–water partition coefficient (Wildman–Crippen LogP) is 2.86. The molecular weight excluding hydrogens is 384 g/mol. The number of aryl methyl sites for hydroxylation is 1. The predicted molar refractivity (Wildman–Crippen MR) is 98.7 cm³/mol. The van der Waals surface area contributed by atoms with Crippen LogP contribution in [0.1, 0.15) is 41.6 Å². The second-order valence-electron chi connectivity index (χ2n) is 6.24. The molecule has 0 saturated carbocycles. The molecule has 2 heterocycles. The molecule has 0 unspecified atom stereocenters. The van der Waals surface area contributed by atoms with Crippen molar-refractivity contribution in [3.63, 3.8) is 0 Å². The molecule has 8 nitrogen and oxygen atoms in total. The fourth-order valence-corrected chi connectivity index (χ4v) is 4.65. The van der Waals surface area contributed by atoms with Gasteiger partial charge in [-0.25, -0.2) is 13.2 Å². The van der Waals surface area contributed by atoms with E-state index >= 15 is 0 Å². The number of esters is 1. The topological polar surface area (TPSA) is 110 Å². The first-order valence-corrected chi connectivity index (χ1v) is 10.3. The molecule has 0 radical (unpaired) electrons. The van der Waals surface area contributed by atoms with Gasteiger partial charge in [0, 0.05) is 25.2 Å². The minimum absolute atomic E-state index is 0.0359. The Labute approximate surface area is 163 Å². The highest BCUT2D eigenvalue weighted by molar-refractivity contribution is 7.89. The van der Waals surface area contributed by atoms with Crippen LogP contribution in [0.5, 0.6) is 11.5 Å². The molecule has 28 heavy (non-hydrogen) atoms. The first-order chi connectivity index (χ1) is 13.4. The summed E-state index contributed by atoms with van der Waals surface area (Å²) in [6.45, 7) is 4.48. The lowest BCUT2D eigenvalue weighted by Gasteiger charge is -2.14. The molecule has 0 amide bonds. The molecule has 1 aliphatic heterocycles. The van der Waals surface area contributed by atoms with Crippen LogP contribution < -0.4 is 9.47 Å². The Balaban J connectivity index is 1.86. The number of hydrogen-bond acceptors (Lipinski definition) is 7. The van der Waals surface area contributed by atoms with Gasteiger partial charge in [0.05, 0.1) is 18.2 Å². The first kappa shape index (κ1) is 19.9. The summed E-state index contributed by atoms with van der Waals surface area (Å²) in [7, 11) is -3.71. The average Bonchev–Trinajstić information content (AvgIpc) is 3.33. The van der Waals surface area contributed by atoms with Crippen molar-refractivity contribution in [2.75, 3.05) is 19.7 Å². The van der Waals surface area contributed by atoms with E-state index in [1.165, 1.54) is 35.5 Å². The van der Waals surface area contributed by atoms with Gasteiger partial charge < -0.3 is 13.9 Å². The van der Waals surface area contributed by atoms with Crippen LogP contribution in [0.25, 0.3) is 0 Å².